The van der Waals surface area contributed by atoms with Gasteiger partial charge in [0.05, 0.1) is 31.0 Å². The number of aryl methyl sites for hydroxylation is 2. The molecule has 38 heavy (non-hydrogen) atoms. The SMILES string of the molecule is CC(=O)Cn1c(=O)c2c(ncn2[C@@H](C)C(=O)Nc2cncc(-c3cnc(C)c(C(C)(F)F)c3)n2)n(C)c1=O. The molecule has 0 unspecified atom stereocenters. The normalized spacial score (nSPS) is 12.5. The van der Waals surface area contributed by atoms with Gasteiger partial charge in [-0.1, -0.05) is 0 Å². The summed E-state index contributed by atoms with van der Waals surface area (Å²) in [6.45, 7) is 4.59. The molecule has 0 aromatic carbocycles. The summed E-state index contributed by atoms with van der Waals surface area (Å²) in [4.78, 5) is 66.7. The van der Waals surface area contributed by atoms with Gasteiger partial charge in [-0.2, -0.15) is 0 Å². The molecule has 4 aromatic rings. The number of pyridine rings is 1. The van der Waals surface area contributed by atoms with Crippen LogP contribution in [-0.4, -0.2) is 45.3 Å². The van der Waals surface area contributed by atoms with E-state index in [1.165, 1.54) is 63.4 Å². The summed E-state index contributed by atoms with van der Waals surface area (Å²) >= 11 is 0. The fourth-order valence-electron chi connectivity index (χ4n) is 3.98. The Morgan fingerprint density at radius 2 is 1.87 bits per heavy atom. The standard InChI is InChI=1S/C24H24F2N8O4/c1-12(35)10-33-22(37)19-20(32(5)23(33)38)29-11-34(19)14(3)21(36)31-18-9-27-8-17(30-18)15-6-16(24(4,25)26)13(2)28-7-15/h6-9,11,14H,10H2,1-5H3,(H,30,31,36)/t14-/m0/s1. The molecule has 0 fully saturated rings. The average Bonchev–Trinajstić information content (AvgIpc) is 3.30. The number of carbonyl (C=O) groups excluding carboxylic acids is 2. The summed E-state index contributed by atoms with van der Waals surface area (Å²) in [6, 6.07) is 0.280. The molecule has 1 atom stereocenters. The van der Waals surface area contributed by atoms with Crippen molar-refractivity contribution in [2.75, 3.05) is 5.32 Å². The molecule has 1 N–H and O–H groups in total. The molecule has 0 saturated heterocycles. The predicted molar refractivity (Wildman–Crippen MR) is 133 cm³/mol. The van der Waals surface area contributed by atoms with E-state index in [1.807, 2.05) is 0 Å². The highest BCUT2D eigenvalue weighted by Crippen LogP contribution is 2.31. The van der Waals surface area contributed by atoms with Crippen LogP contribution in [0.5, 0.6) is 0 Å². The number of Topliss-reactive ketones (excluding diaryl/α,β-unsaturated/α-hetero) is 1. The number of nitrogens with one attached hydrogen (secondary N) is 1. The minimum atomic E-state index is -3.11. The second-order valence-corrected chi connectivity index (χ2v) is 8.96. The van der Waals surface area contributed by atoms with E-state index >= 15 is 0 Å². The maximum absolute atomic E-state index is 14.0. The molecule has 14 heteroatoms. The third kappa shape index (κ3) is 4.84. The van der Waals surface area contributed by atoms with Crippen molar-refractivity contribution in [3.8, 4) is 11.3 Å². The van der Waals surface area contributed by atoms with Crippen molar-refractivity contribution in [2.24, 2.45) is 7.05 Å². The van der Waals surface area contributed by atoms with Crippen LogP contribution in [0.1, 0.15) is 38.1 Å². The fourth-order valence-corrected chi connectivity index (χ4v) is 3.98. The van der Waals surface area contributed by atoms with Gasteiger partial charge in [0.1, 0.15) is 11.8 Å². The van der Waals surface area contributed by atoms with E-state index in [9.17, 15) is 28.0 Å². The summed E-state index contributed by atoms with van der Waals surface area (Å²) in [5, 5.41) is 2.59. The first kappa shape index (κ1) is 26.4. The van der Waals surface area contributed by atoms with E-state index in [2.05, 4.69) is 25.3 Å². The first-order valence-electron chi connectivity index (χ1n) is 11.4. The molecule has 4 rings (SSSR count). The third-order valence-corrected chi connectivity index (χ3v) is 5.98. The van der Waals surface area contributed by atoms with Crippen molar-refractivity contribution < 1.29 is 18.4 Å². The summed E-state index contributed by atoms with van der Waals surface area (Å²) in [6.07, 6.45) is 5.27. The van der Waals surface area contributed by atoms with Gasteiger partial charge in [-0.25, -0.2) is 23.5 Å². The lowest BCUT2D eigenvalue weighted by Crippen LogP contribution is -2.41. The number of hydrogen-bond donors (Lipinski definition) is 1. The molecule has 0 saturated carbocycles. The van der Waals surface area contributed by atoms with E-state index in [0.717, 1.165) is 16.1 Å². The second kappa shape index (κ2) is 9.68. The lowest BCUT2D eigenvalue weighted by atomic mass is 10.0. The van der Waals surface area contributed by atoms with Crippen LogP contribution in [0.15, 0.2) is 40.6 Å². The highest BCUT2D eigenvalue weighted by Gasteiger charge is 2.28. The first-order chi connectivity index (χ1) is 17.8. The molecule has 0 spiro atoms. The zero-order chi connectivity index (χ0) is 27.9. The number of amides is 1. The van der Waals surface area contributed by atoms with Gasteiger partial charge in [0.15, 0.2) is 17.0 Å². The van der Waals surface area contributed by atoms with Crippen LogP contribution < -0.4 is 16.6 Å². The van der Waals surface area contributed by atoms with E-state index < -0.39 is 41.4 Å². The van der Waals surface area contributed by atoms with Gasteiger partial charge in [0.2, 0.25) is 5.91 Å². The number of halogens is 2. The lowest BCUT2D eigenvalue weighted by Gasteiger charge is -2.16. The Hall–Kier alpha value is -4.62. The number of hydrogen-bond acceptors (Lipinski definition) is 8. The van der Waals surface area contributed by atoms with E-state index in [-0.39, 0.29) is 39.5 Å². The zero-order valence-electron chi connectivity index (χ0n) is 21.2. The van der Waals surface area contributed by atoms with Gasteiger partial charge in [-0.3, -0.25) is 33.5 Å². The number of aromatic nitrogens is 7. The van der Waals surface area contributed by atoms with Crippen LogP contribution in [0, 0.1) is 6.92 Å². The Balaban J connectivity index is 1.66. The quantitative estimate of drug-likeness (QED) is 0.384. The molecule has 0 aliphatic carbocycles. The molecule has 0 aliphatic rings. The largest absolute Gasteiger partial charge is 0.332 e. The minimum absolute atomic E-state index is 0.0328. The van der Waals surface area contributed by atoms with Crippen molar-refractivity contribution in [3.63, 3.8) is 0 Å². The highest BCUT2D eigenvalue weighted by atomic mass is 19.3. The van der Waals surface area contributed by atoms with Gasteiger partial charge in [-0.05, 0) is 26.8 Å². The minimum Gasteiger partial charge on any atom is -0.312 e. The Morgan fingerprint density at radius 3 is 2.53 bits per heavy atom. The van der Waals surface area contributed by atoms with E-state index in [1.54, 1.807) is 0 Å². The molecule has 1 amide bonds. The molecule has 4 aromatic heterocycles. The van der Waals surface area contributed by atoms with Crippen molar-refractivity contribution >= 4 is 28.7 Å². The number of fused-ring (bicyclic) bond motifs is 1. The first-order valence-corrected chi connectivity index (χ1v) is 11.4. The van der Waals surface area contributed by atoms with Gasteiger partial charge < -0.3 is 9.88 Å². The number of anilines is 1. The zero-order valence-corrected chi connectivity index (χ0v) is 21.2. The van der Waals surface area contributed by atoms with Crippen LogP contribution in [0.2, 0.25) is 0 Å². The summed E-state index contributed by atoms with van der Waals surface area (Å²) in [5.74, 6) is -4.06. The highest BCUT2D eigenvalue weighted by molar-refractivity contribution is 5.93. The molecule has 0 aliphatic heterocycles. The van der Waals surface area contributed by atoms with Crippen LogP contribution in [0.25, 0.3) is 22.4 Å². The van der Waals surface area contributed by atoms with Crippen molar-refractivity contribution in [3.05, 3.63) is 63.1 Å². The lowest BCUT2D eigenvalue weighted by molar-refractivity contribution is -0.119. The predicted octanol–water partition coefficient (Wildman–Crippen LogP) is 1.96. The Labute approximate surface area is 214 Å². The molecule has 198 valence electrons. The molecule has 12 nitrogen and oxygen atoms in total. The Kier molecular flexibility index (Phi) is 6.74. The number of alkyl halides is 2. The Morgan fingerprint density at radius 1 is 1.16 bits per heavy atom. The molecule has 0 bridgehead atoms. The van der Waals surface area contributed by atoms with Crippen molar-refractivity contribution in [1.82, 2.24) is 33.6 Å². The van der Waals surface area contributed by atoms with E-state index in [0.29, 0.717) is 0 Å². The van der Waals surface area contributed by atoms with E-state index in [4.69, 9.17) is 0 Å². The summed E-state index contributed by atoms with van der Waals surface area (Å²) in [5.41, 5.74) is -1.02. The van der Waals surface area contributed by atoms with Crippen molar-refractivity contribution in [1.29, 1.82) is 0 Å². The van der Waals surface area contributed by atoms with Gasteiger partial charge in [0.25, 0.3) is 11.5 Å². The number of nitrogens with zero attached hydrogens (tertiary/aromatic N) is 7. The third-order valence-electron chi connectivity index (χ3n) is 5.98. The maximum Gasteiger partial charge on any atom is 0.332 e. The summed E-state index contributed by atoms with van der Waals surface area (Å²) < 4.78 is 31.1. The molecule has 4 heterocycles. The maximum atomic E-state index is 14.0. The van der Waals surface area contributed by atoms with Crippen LogP contribution in [0.4, 0.5) is 14.6 Å². The molecule has 0 radical (unpaired) electrons. The van der Waals surface area contributed by atoms with Crippen LogP contribution in [0.3, 0.4) is 0 Å². The number of ketones is 1. The molecular formula is C24H24F2N8O4. The topological polar surface area (TPSA) is 147 Å². The summed E-state index contributed by atoms with van der Waals surface area (Å²) in [7, 11) is 1.41. The van der Waals surface area contributed by atoms with Gasteiger partial charge >= 0.3 is 5.69 Å². The van der Waals surface area contributed by atoms with Crippen LogP contribution in [-0.2, 0) is 29.1 Å². The molecular weight excluding hydrogens is 502 g/mol. The average molecular weight is 527 g/mol. The van der Waals surface area contributed by atoms with Crippen LogP contribution >= 0.6 is 0 Å². The second-order valence-electron chi connectivity index (χ2n) is 8.96. The number of carbonyl (C=O) groups is 2. The fraction of sp³-hybridized carbons (Fsp3) is 0.333. The Bertz CT molecular complexity index is 1700. The monoisotopic (exact) mass is 526 g/mol. The smallest absolute Gasteiger partial charge is 0.312 e. The van der Waals surface area contributed by atoms with Gasteiger partial charge in [0, 0.05) is 37.0 Å². The number of rotatable bonds is 7. The number of imidazole rings is 1. The van der Waals surface area contributed by atoms with Gasteiger partial charge in [-0.15, -0.1) is 0 Å². The van der Waals surface area contributed by atoms with Crippen molar-refractivity contribution in [2.45, 2.75) is 46.2 Å².